The monoisotopic (exact) mass is 355 g/mol. The predicted octanol–water partition coefficient (Wildman–Crippen LogP) is 2.85. The Hall–Kier alpha value is -2.63. The molecule has 3 rings (SSSR count). The van der Waals surface area contributed by atoms with Crippen LogP contribution in [0.5, 0.6) is 11.6 Å². The van der Waals surface area contributed by atoms with Crippen molar-refractivity contribution < 1.29 is 14.3 Å². The topological polar surface area (TPSA) is 64.5 Å². The van der Waals surface area contributed by atoms with E-state index in [-0.39, 0.29) is 18.6 Å². The van der Waals surface area contributed by atoms with Crippen molar-refractivity contribution in [1.82, 2.24) is 14.9 Å². The van der Waals surface area contributed by atoms with Crippen molar-refractivity contribution >= 4 is 5.91 Å². The van der Waals surface area contributed by atoms with Gasteiger partial charge in [-0.1, -0.05) is 18.2 Å². The lowest BCUT2D eigenvalue weighted by Crippen LogP contribution is -2.46. The van der Waals surface area contributed by atoms with Gasteiger partial charge in [-0.25, -0.2) is 4.98 Å². The average molecular weight is 355 g/mol. The van der Waals surface area contributed by atoms with Crippen LogP contribution < -0.4 is 9.47 Å². The average Bonchev–Trinajstić information content (AvgIpc) is 2.60. The van der Waals surface area contributed by atoms with E-state index in [0.29, 0.717) is 18.2 Å². The quantitative estimate of drug-likeness (QED) is 0.825. The fourth-order valence-corrected chi connectivity index (χ4v) is 3.12. The number of nitrogens with zero attached hydrogens (tertiary/aromatic N) is 3. The molecule has 1 aliphatic heterocycles. The van der Waals surface area contributed by atoms with Gasteiger partial charge < -0.3 is 14.4 Å². The molecule has 1 unspecified atom stereocenters. The highest BCUT2D eigenvalue weighted by molar-refractivity contribution is 5.78. The van der Waals surface area contributed by atoms with Crippen LogP contribution in [0.2, 0.25) is 0 Å². The Kier molecular flexibility index (Phi) is 5.71. The number of carbonyl (C=O) groups excluding carboxylic acids is 1. The summed E-state index contributed by atoms with van der Waals surface area (Å²) in [4.78, 5) is 22.9. The summed E-state index contributed by atoms with van der Waals surface area (Å²) in [6, 6.07) is 9.53. The van der Waals surface area contributed by atoms with E-state index in [0.717, 1.165) is 36.4 Å². The summed E-state index contributed by atoms with van der Waals surface area (Å²) >= 11 is 0. The number of para-hydroxylation sites is 1. The molecule has 2 heterocycles. The van der Waals surface area contributed by atoms with Gasteiger partial charge in [0, 0.05) is 18.3 Å². The van der Waals surface area contributed by atoms with Gasteiger partial charge in [0.15, 0.2) is 6.61 Å². The number of amides is 1. The van der Waals surface area contributed by atoms with Gasteiger partial charge in [0.05, 0.1) is 6.54 Å². The molecule has 0 N–H and O–H groups in total. The van der Waals surface area contributed by atoms with Crippen molar-refractivity contribution in [1.29, 1.82) is 0 Å². The number of hydrogen-bond acceptors (Lipinski definition) is 5. The van der Waals surface area contributed by atoms with Gasteiger partial charge >= 0.3 is 0 Å². The number of rotatable bonds is 5. The molecule has 6 nitrogen and oxygen atoms in total. The second-order valence-corrected chi connectivity index (χ2v) is 6.67. The Morgan fingerprint density at radius 2 is 2.04 bits per heavy atom. The van der Waals surface area contributed by atoms with E-state index in [1.54, 1.807) is 0 Å². The first-order valence-corrected chi connectivity index (χ1v) is 8.96. The lowest BCUT2D eigenvalue weighted by molar-refractivity contribution is -0.136. The van der Waals surface area contributed by atoms with Crippen molar-refractivity contribution in [2.75, 3.05) is 19.7 Å². The molecule has 26 heavy (non-hydrogen) atoms. The van der Waals surface area contributed by atoms with Gasteiger partial charge in [-0.05, 0) is 45.2 Å². The SMILES string of the molecule is Cc1cc(OC2CCCN(C(=O)COc3ccccc3C)C2)nc(C)n1. The number of carbonyl (C=O) groups is 1. The van der Waals surface area contributed by atoms with E-state index in [1.807, 2.05) is 56.0 Å². The van der Waals surface area contributed by atoms with Crippen LogP contribution in [-0.4, -0.2) is 46.6 Å². The number of hydrogen-bond donors (Lipinski definition) is 0. The van der Waals surface area contributed by atoms with Crippen molar-refractivity contribution in [3.8, 4) is 11.6 Å². The maximum atomic E-state index is 12.5. The van der Waals surface area contributed by atoms with Crippen molar-refractivity contribution in [2.45, 2.75) is 39.7 Å². The lowest BCUT2D eigenvalue weighted by atomic mass is 10.1. The molecule has 2 aromatic rings. The van der Waals surface area contributed by atoms with E-state index in [2.05, 4.69) is 9.97 Å². The first kappa shape index (κ1) is 18.2. The van der Waals surface area contributed by atoms with Crippen LogP contribution in [0.4, 0.5) is 0 Å². The molecule has 6 heteroatoms. The Morgan fingerprint density at radius 3 is 2.81 bits per heavy atom. The van der Waals surface area contributed by atoms with E-state index in [4.69, 9.17) is 9.47 Å². The van der Waals surface area contributed by atoms with Crippen LogP contribution in [0, 0.1) is 20.8 Å². The fourth-order valence-electron chi connectivity index (χ4n) is 3.12. The highest BCUT2D eigenvalue weighted by Crippen LogP contribution is 2.19. The van der Waals surface area contributed by atoms with Crippen LogP contribution in [0.25, 0.3) is 0 Å². The highest BCUT2D eigenvalue weighted by Gasteiger charge is 2.25. The minimum Gasteiger partial charge on any atom is -0.484 e. The third-order valence-corrected chi connectivity index (χ3v) is 4.41. The standard InChI is InChI=1S/C20H25N3O3/c1-14-7-4-5-9-18(14)25-13-20(24)23-10-6-8-17(12-23)26-19-11-15(2)21-16(3)22-19/h4-5,7,9,11,17H,6,8,10,12-13H2,1-3H3. The summed E-state index contributed by atoms with van der Waals surface area (Å²) < 4.78 is 11.7. The number of benzene rings is 1. The molecular formula is C20H25N3O3. The maximum Gasteiger partial charge on any atom is 0.260 e. The molecule has 1 aromatic carbocycles. The molecule has 1 amide bonds. The molecular weight excluding hydrogens is 330 g/mol. The van der Waals surface area contributed by atoms with E-state index < -0.39 is 0 Å². The normalized spacial score (nSPS) is 17.0. The van der Waals surface area contributed by atoms with Crippen LogP contribution in [-0.2, 0) is 4.79 Å². The molecule has 1 atom stereocenters. The Morgan fingerprint density at radius 1 is 1.23 bits per heavy atom. The van der Waals surface area contributed by atoms with E-state index in [9.17, 15) is 4.79 Å². The highest BCUT2D eigenvalue weighted by atomic mass is 16.5. The first-order valence-electron chi connectivity index (χ1n) is 8.96. The molecule has 0 bridgehead atoms. The summed E-state index contributed by atoms with van der Waals surface area (Å²) in [5.74, 6) is 2.00. The predicted molar refractivity (Wildman–Crippen MR) is 98.4 cm³/mol. The molecule has 1 aliphatic rings. The second-order valence-electron chi connectivity index (χ2n) is 6.67. The third-order valence-electron chi connectivity index (χ3n) is 4.41. The number of likely N-dealkylation sites (tertiary alicyclic amines) is 1. The molecule has 138 valence electrons. The van der Waals surface area contributed by atoms with Gasteiger partial charge in [-0.15, -0.1) is 0 Å². The molecule has 0 aliphatic carbocycles. The fraction of sp³-hybridized carbons (Fsp3) is 0.450. The number of aryl methyl sites for hydroxylation is 3. The Labute approximate surface area is 154 Å². The third kappa shape index (κ3) is 4.71. The molecule has 1 aromatic heterocycles. The zero-order valence-corrected chi connectivity index (χ0v) is 15.6. The van der Waals surface area contributed by atoms with Gasteiger partial charge in [-0.3, -0.25) is 4.79 Å². The molecule has 1 fully saturated rings. The number of aromatic nitrogens is 2. The summed E-state index contributed by atoms with van der Waals surface area (Å²) in [7, 11) is 0. The number of ether oxygens (including phenoxy) is 2. The van der Waals surface area contributed by atoms with Gasteiger partial charge in [-0.2, -0.15) is 4.98 Å². The minimum atomic E-state index is -0.0557. The number of piperidine rings is 1. The zero-order valence-electron chi connectivity index (χ0n) is 15.6. The van der Waals surface area contributed by atoms with E-state index >= 15 is 0 Å². The lowest BCUT2D eigenvalue weighted by Gasteiger charge is -2.32. The Bertz CT molecular complexity index is 758. The molecule has 0 saturated carbocycles. The molecule has 1 saturated heterocycles. The Balaban J connectivity index is 1.55. The smallest absolute Gasteiger partial charge is 0.260 e. The summed E-state index contributed by atoms with van der Waals surface area (Å²) in [6.07, 6.45) is 1.76. The van der Waals surface area contributed by atoms with Crippen molar-refractivity contribution in [2.24, 2.45) is 0 Å². The molecule has 0 radical (unpaired) electrons. The van der Waals surface area contributed by atoms with Crippen LogP contribution in [0.3, 0.4) is 0 Å². The van der Waals surface area contributed by atoms with Crippen LogP contribution >= 0.6 is 0 Å². The minimum absolute atomic E-state index is 0.0170. The van der Waals surface area contributed by atoms with Crippen LogP contribution in [0.1, 0.15) is 29.9 Å². The van der Waals surface area contributed by atoms with Crippen molar-refractivity contribution in [3.63, 3.8) is 0 Å². The van der Waals surface area contributed by atoms with Gasteiger partial charge in [0.1, 0.15) is 17.7 Å². The van der Waals surface area contributed by atoms with E-state index in [1.165, 1.54) is 0 Å². The van der Waals surface area contributed by atoms with Gasteiger partial charge in [0.2, 0.25) is 5.88 Å². The zero-order chi connectivity index (χ0) is 18.5. The maximum absolute atomic E-state index is 12.5. The summed E-state index contributed by atoms with van der Waals surface area (Å²) in [6.45, 7) is 7.07. The first-order chi connectivity index (χ1) is 12.5. The molecule has 0 spiro atoms. The summed E-state index contributed by atoms with van der Waals surface area (Å²) in [5, 5.41) is 0. The van der Waals surface area contributed by atoms with Crippen LogP contribution in [0.15, 0.2) is 30.3 Å². The van der Waals surface area contributed by atoms with Crippen molar-refractivity contribution in [3.05, 3.63) is 47.4 Å². The summed E-state index contributed by atoms with van der Waals surface area (Å²) in [5.41, 5.74) is 1.90. The van der Waals surface area contributed by atoms with Gasteiger partial charge in [0.25, 0.3) is 5.91 Å². The second kappa shape index (κ2) is 8.17. The largest absolute Gasteiger partial charge is 0.484 e.